The predicted octanol–water partition coefficient (Wildman–Crippen LogP) is 3.83. The highest BCUT2D eigenvalue weighted by molar-refractivity contribution is 5.19. The topological polar surface area (TPSA) is 21.3 Å². The summed E-state index contributed by atoms with van der Waals surface area (Å²) in [4.78, 5) is 0. The van der Waals surface area contributed by atoms with Crippen molar-refractivity contribution in [3.05, 3.63) is 35.9 Å². The number of ether oxygens (including phenoxy) is 1. The van der Waals surface area contributed by atoms with Crippen molar-refractivity contribution in [1.29, 1.82) is 0 Å². The smallest absolute Gasteiger partial charge is 0.0472 e. The Balaban J connectivity index is 2.43. The third-order valence-electron chi connectivity index (χ3n) is 3.17. The molecule has 1 N–H and O–H groups in total. The van der Waals surface area contributed by atoms with Gasteiger partial charge in [-0.05, 0) is 36.8 Å². The predicted molar refractivity (Wildman–Crippen MR) is 82.6 cm³/mol. The molecular weight excluding hydrogens is 234 g/mol. The summed E-state index contributed by atoms with van der Waals surface area (Å²) in [5, 5.41) is 3.57. The molecule has 0 saturated heterocycles. The molecule has 0 amide bonds. The first-order chi connectivity index (χ1) is 9.24. The number of nitrogens with one attached hydrogen (secondary N) is 1. The second-order valence-corrected chi connectivity index (χ2v) is 5.56. The minimum Gasteiger partial charge on any atom is -0.381 e. The number of benzene rings is 1. The molecule has 0 aliphatic carbocycles. The number of hydrogen-bond acceptors (Lipinski definition) is 2. The van der Waals surface area contributed by atoms with E-state index in [2.05, 4.69) is 56.4 Å². The maximum absolute atomic E-state index is 5.63. The van der Waals surface area contributed by atoms with Crippen molar-refractivity contribution >= 4 is 0 Å². The Labute approximate surface area is 118 Å². The molecular formula is C17H29NO. The summed E-state index contributed by atoms with van der Waals surface area (Å²) in [5.74, 6) is 1.25. The lowest BCUT2D eigenvalue weighted by Gasteiger charge is -2.19. The van der Waals surface area contributed by atoms with Gasteiger partial charge in [-0.2, -0.15) is 0 Å². The fraction of sp³-hybridized carbons (Fsp3) is 0.647. The standard InChI is InChI=1S/C17H29NO/c1-4-11-19-12-10-17(14-18-13-15(2)3)16-8-6-5-7-9-16/h5-9,15,17-18H,4,10-14H2,1-3H3. The molecule has 1 aromatic rings. The van der Waals surface area contributed by atoms with Crippen LogP contribution in [0.3, 0.4) is 0 Å². The Hall–Kier alpha value is -0.860. The zero-order valence-electron chi connectivity index (χ0n) is 12.7. The fourth-order valence-electron chi connectivity index (χ4n) is 2.13. The van der Waals surface area contributed by atoms with Gasteiger partial charge >= 0.3 is 0 Å². The van der Waals surface area contributed by atoms with Crippen LogP contribution in [0.15, 0.2) is 30.3 Å². The molecule has 108 valence electrons. The molecule has 0 heterocycles. The minimum absolute atomic E-state index is 0.553. The van der Waals surface area contributed by atoms with Gasteiger partial charge in [0.25, 0.3) is 0 Å². The van der Waals surface area contributed by atoms with E-state index in [0.29, 0.717) is 11.8 Å². The molecule has 1 rings (SSSR count). The van der Waals surface area contributed by atoms with E-state index in [1.54, 1.807) is 0 Å². The van der Waals surface area contributed by atoms with Crippen LogP contribution in [0, 0.1) is 5.92 Å². The summed E-state index contributed by atoms with van der Waals surface area (Å²) in [5.41, 5.74) is 1.42. The minimum atomic E-state index is 0.553. The average molecular weight is 263 g/mol. The molecule has 0 aliphatic heterocycles. The molecule has 2 nitrogen and oxygen atoms in total. The maximum Gasteiger partial charge on any atom is 0.0472 e. The lowest BCUT2D eigenvalue weighted by atomic mass is 9.96. The Morgan fingerprint density at radius 3 is 2.42 bits per heavy atom. The second-order valence-electron chi connectivity index (χ2n) is 5.56. The van der Waals surface area contributed by atoms with Crippen LogP contribution >= 0.6 is 0 Å². The lowest BCUT2D eigenvalue weighted by molar-refractivity contribution is 0.127. The van der Waals surface area contributed by atoms with Gasteiger partial charge in [0.05, 0.1) is 0 Å². The average Bonchev–Trinajstić information content (AvgIpc) is 2.42. The Kier molecular flexibility index (Phi) is 8.52. The van der Waals surface area contributed by atoms with Crippen molar-refractivity contribution in [3.63, 3.8) is 0 Å². The molecule has 0 bridgehead atoms. The molecule has 0 fully saturated rings. The highest BCUT2D eigenvalue weighted by Gasteiger charge is 2.11. The first-order valence-corrected chi connectivity index (χ1v) is 7.57. The molecule has 1 atom stereocenters. The van der Waals surface area contributed by atoms with Gasteiger partial charge in [0.15, 0.2) is 0 Å². The first-order valence-electron chi connectivity index (χ1n) is 7.57. The van der Waals surface area contributed by atoms with Gasteiger partial charge in [-0.1, -0.05) is 51.1 Å². The van der Waals surface area contributed by atoms with E-state index < -0.39 is 0 Å². The highest BCUT2D eigenvalue weighted by Crippen LogP contribution is 2.18. The summed E-state index contributed by atoms with van der Waals surface area (Å²) in [6, 6.07) is 10.8. The summed E-state index contributed by atoms with van der Waals surface area (Å²) < 4.78 is 5.63. The monoisotopic (exact) mass is 263 g/mol. The molecule has 1 aromatic carbocycles. The number of hydrogen-bond donors (Lipinski definition) is 1. The van der Waals surface area contributed by atoms with Crippen molar-refractivity contribution < 1.29 is 4.74 Å². The summed E-state index contributed by atoms with van der Waals surface area (Å²) in [6.45, 7) is 10.5. The van der Waals surface area contributed by atoms with Gasteiger partial charge in [0.1, 0.15) is 0 Å². The van der Waals surface area contributed by atoms with Crippen LogP contribution in [-0.4, -0.2) is 26.3 Å². The summed E-state index contributed by atoms with van der Waals surface area (Å²) >= 11 is 0. The van der Waals surface area contributed by atoms with E-state index in [1.165, 1.54) is 5.56 Å². The van der Waals surface area contributed by atoms with E-state index >= 15 is 0 Å². The van der Waals surface area contributed by atoms with Gasteiger partial charge in [0, 0.05) is 19.8 Å². The van der Waals surface area contributed by atoms with E-state index in [0.717, 1.165) is 39.1 Å². The Bertz CT molecular complexity index is 310. The van der Waals surface area contributed by atoms with Crippen molar-refractivity contribution in [2.75, 3.05) is 26.3 Å². The van der Waals surface area contributed by atoms with Crippen molar-refractivity contribution in [1.82, 2.24) is 5.32 Å². The highest BCUT2D eigenvalue weighted by atomic mass is 16.5. The van der Waals surface area contributed by atoms with Gasteiger partial charge in [0.2, 0.25) is 0 Å². The van der Waals surface area contributed by atoms with Crippen LogP contribution in [0.5, 0.6) is 0 Å². The van der Waals surface area contributed by atoms with Crippen LogP contribution in [0.2, 0.25) is 0 Å². The Morgan fingerprint density at radius 2 is 1.79 bits per heavy atom. The van der Waals surface area contributed by atoms with E-state index in [1.807, 2.05) is 0 Å². The van der Waals surface area contributed by atoms with E-state index in [4.69, 9.17) is 4.74 Å². The summed E-state index contributed by atoms with van der Waals surface area (Å²) in [7, 11) is 0. The van der Waals surface area contributed by atoms with Crippen LogP contribution < -0.4 is 5.32 Å². The van der Waals surface area contributed by atoms with Gasteiger partial charge in [-0.15, -0.1) is 0 Å². The van der Waals surface area contributed by atoms with Crippen molar-refractivity contribution in [3.8, 4) is 0 Å². The molecule has 19 heavy (non-hydrogen) atoms. The number of rotatable bonds is 10. The normalized spacial score (nSPS) is 12.8. The quantitative estimate of drug-likeness (QED) is 0.648. The van der Waals surface area contributed by atoms with Crippen LogP contribution in [-0.2, 0) is 4.74 Å². The van der Waals surface area contributed by atoms with Crippen molar-refractivity contribution in [2.45, 2.75) is 39.5 Å². The molecule has 1 unspecified atom stereocenters. The van der Waals surface area contributed by atoms with Crippen LogP contribution in [0.4, 0.5) is 0 Å². The Morgan fingerprint density at radius 1 is 1.05 bits per heavy atom. The van der Waals surface area contributed by atoms with Crippen LogP contribution in [0.1, 0.15) is 45.1 Å². The molecule has 0 aromatic heterocycles. The zero-order valence-corrected chi connectivity index (χ0v) is 12.7. The fourth-order valence-corrected chi connectivity index (χ4v) is 2.13. The first kappa shape index (κ1) is 16.2. The van der Waals surface area contributed by atoms with Gasteiger partial charge in [-0.25, -0.2) is 0 Å². The lowest BCUT2D eigenvalue weighted by Crippen LogP contribution is -2.26. The van der Waals surface area contributed by atoms with Crippen LogP contribution in [0.25, 0.3) is 0 Å². The molecule has 0 aliphatic rings. The molecule has 2 heteroatoms. The third kappa shape index (κ3) is 7.34. The third-order valence-corrected chi connectivity index (χ3v) is 3.17. The van der Waals surface area contributed by atoms with E-state index in [9.17, 15) is 0 Å². The van der Waals surface area contributed by atoms with Crippen molar-refractivity contribution in [2.24, 2.45) is 5.92 Å². The molecule has 0 saturated carbocycles. The zero-order chi connectivity index (χ0) is 13.9. The second kappa shape index (κ2) is 9.99. The van der Waals surface area contributed by atoms with Gasteiger partial charge < -0.3 is 10.1 Å². The van der Waals surface area contributed by atoms with E-state index in [-0.39, 0.29) is 0 Å². The maximum atomic E-state index is 5.63. The SMILES string of the molecule is CCCOCCC(CNCC(C)C)c1ccccc1. The molecule has 0 radical (unpaired) electrons. The largest absolute Gasteiger partial charge is 0.381 e. The van der Waals surface area contributed by atoms with Gasteiger partial charge in [-0.3, -0.25) is 0 Å². The molecule has 0 spiro atoms. The summed E-state index contributed by atoms with van der Waals surface area (Å²) in [6.07, 6.45) is 2.19.